The van der Waals surface area contributed by atoms with E-state index in [1.54, 1.807) is 6.26 Å². The van der Waals surface area contributed by atoms with Gasteiger partial charge >= 0.3 is 0 Å². The van der Waals surface area contributed by atoms with E-state index < -0.39 is 6.10 Å². The smallest absolute Gasteiger partial charge is 0.158 e. The van der Waals surface area contributed by atoms with Gasteiger partial charge in [-0.1, -0.05) is 0 Å². The molecule has 36 heavy (non-hydrogen) atoms. The molecule has 2 aliphatic rings. The van der Waals surface area contributed by atoms with E-state index in [0.717, 1.165) is 32.5 Å². The maximum Gasteiger partial charge on any atom is 0.158 e. The van der Waals surface area contributed by atoms with Crippen LogP contribution in [-0.4, -0.2) is 113 Å². The molecule has 0 aromatic rings. The first-order chi connectivity index (χ1) is 17.7. The van der Waals surface area contributed by atoms with Crippen LogP contribution in [0.2, 0.25) is 0 Å². The number of hydrogen-bond acceptors (Lipinski definition) is 8. The molecule has 2 rings (SSSR count). The quantitative estimate of drug-likeness (QED) is 0.181. The van der Waals surface area contributed by atoms with Crippen LogP contribution < -0.4 is 0 Å². The lowest BCUT2D eigenvalue weighted by molar-refractivity contribution is -0.207. The Bertz CT molecular complexity index is 432. The van der Waals surface area contributed by atoms with Gasteiger partial charge in [-0.25, -0.2) is 0 Å². The van der Waals surface area contributed by atoms with Crippen LogP contribution in [0.4, 0.5) is 0 Å². The Morgan fingerprint density at radius 1 is 0.750 bits per heavy atom. The fraction of sp³-hybridized carbons (Fsp3) is 0.917. The van der Waals surface area contributed by atoms with Crippen LogP contribution in [0.3, 0.4) is 0 Å². The third kappa shape index (κ3) is 26.0. The molecular formula is C24H44Cl4O8. The van der Waals surface area contributed by atoms with Gasteiger partial charge in [0.2, 0.25) is 0 Å². The first-order valence-electron chi connectivity index (χ1n) is 12.4. The molecule has 0 saturated carbocycles. The number of hydrogen-bond donors (Lipinski definition) is 1. The molecule has 1 atom stereocenters. The Kier molecular flexibility index (Phi) is 30.3. The molecule has 216 valence electrons. The Morgan fingerprint density at radius 2 is 1.31 bits per heavy atom. The summed E-state index contributed by atoms with van der Waals surface area (Å²) >= 11 is 21.8. The number of rotatable bonds is 18. The number of ether oxygens (including phenoxy) is 7. The topological polar surface area (TPSA) is 84.8 Å². The summed E-state index contributed by atoms with van der Waals surface area (Å²) in [4.78, 5) is 0. The number of halogens is 4. The zero-order valence-corrected chi connectivity index (χ0v) is 24.2. The Hall–Kier alpha value is 0.420. The average Bonchev–Trinajstić information content (AvgIpc) is 2.91. The number of allylic oxidation sites excluding steroid dienone is 1. The molecule has 1 N–H and O–H groups in total. The largest absolute Gasteiger partial charge is 0.502 e. The molecule has 0 radical (unpaired) electrons. The van der Waals surface area contributed by atoms with E-state index >= 15 is 0 Å². The third-order valence-electron chi connectivity index (χ3n) is 4.42. The zero-order chi connectivity index (χ0) is 26.5. The Morgan fingerprint density at radius 3 is 1.67 bits per heavy atom. The van der Waals surface area contributed by atoms with Crippen molar-refractivity contribution in [1.82, 2.24) is 0 Å². The second-order valence-corrected chi connectivity index (χ2v) is 9.16. The highest BCUT2D eigenvalue weighted by Crippen LogP contribution is 2.16. The Labute approximate surface area is 236 Å². The van der Waals surface area contributed by atoms with Gasteiger partial charge in [0.25, 0.3) is 0 Å². The SMILES string of the molecule is C1=COCCC1.ClCCOCC(COCCCl)OC1CCCCO1.OC(COCCCl)COCCCl. The molecular weight excluding hydrogens is 558 g/mol. The third-order valence-corrected chi connectivity index (χ3v) is 5.04. The lowest BCUT2D eigenvalue weighted by Gasteiger charge is -2.27. The molecule has 0 bridgehead atoms. The highest BCUT2D eigenvalue weighted by molar-refractivity contribution is 6.18. The first kappa shape index (κ1) is 36.4. The molecule has 1 fully saturated rings. The number of alkyl halides is 4. The second-order valence-electron chi connectivity index (χ2n) is 7.65. The summed E-state index contributed by atoms with van der Waals surface area (Å²) in [6.07, 6.45) is 8.53. The average molecular weight is 602 g/mol. The number of aliphatic hydroxyl groups is 1. The zero-order valence-electron chi connectivity index (χ0n) is 21.1. The fourth-order valence-corrected chi connectivity index (χ4v) is 3.22. The molecule has 0 spiro atoms. The minimum Gasteiger partial charge on any atom is -0.502 e. The van der Waals surface area contributed by atoms with Crippen LogP contribution in [0, 0.1) is 0 Å². The Balaban J connectivity index is 0.000000580. The lowest BCUT2D eigenvalue weighted by atomic mass is 10.2. The molecule has 12 heteroatoms. The summed E-state index contributed by atoms with van der Waals surface area (Å²) in [6.45, 7) is 5.07. The van der Waals surface area contributed by atoms with Gasteiger partial charge in [-0.15, -0.1) is 46.4 Å². The van der Waals surface area contributed by atoms with Gasteiger partial charge in [-0.2, -0.15) is 0 Å². The second kappa shape index (κ2) is 30.0. The number of aliphatic hydroxyl groups excluding tert-OH is 1. The fourth-order valence-electron chi connectivity index (χ4n) is 2.78. The summed E-state index contributed by atoms with van der Waals surface area (Å²) in [5.74, 6) is 1.84. The van der Waals surface area contributed by atoms with Gasteiger partial charge in [0.1, 0.15) is 12.2 Å². The summed E-state index contributed by atoms with van der Waals surface area (Å²) in [6, 6.07) is 0. The van der Waals surface area contributed by atoms with Crippen molar-refractivity contribution >= 4 is 46.4 Å². The van der Waals surface area contributed by atoms with Crippen molar-refractivity contribution in [1.29, 1.82) is 0 Å². The van der Waals surface area contributed by atoms with E-state index in [2.05, 4.69) is 0 Å². The normalized spacial score (nSPS) is 17.2. The summed E-state index contributed by atoms with van der Waals surface area (Å²) < 4.78 is 37.0. The predicted octanol–water partition coefficient (Wildman–Crippen LogP) is 4.58. The molecule has 8 nitrogen and oxygen atoms in total. The summed E-state index contributed by atoms with van der Waals surface area (Å²) in [5, 5.41) is 9.17. The van der Waals surface area contributed by atoms with Gasteiger partial charge in [-0.3, -0.25) is 0 Å². The van der Waals surface area contributed by atoms with Gasteiger partial charge in [0.05, 0.1) is 65.7 Å². The van der Waals surface area contributed by atoms with Crippen molar-refractivity contribution in [3.8, 4) is 0 Å². The highest BCUT2D eigenvalue weighted by atomic mass is 35.5. The molecule has 0 amide bonds. The molecule has 2 aliphatic heterocycles. The molecule has 0 aromatic carbocycles. The highest BCUT2D eigenvalue weighted by Gasteiger charge is 2.20. The van der Waals surface area contributed by atoms with Crippen molar-refractivity contribution in [2.24, 2.45) is 0 Å². The van der Waals surface area contributed by atoms with Crippen LogP contribution >= 0.6 is 46.4 Å². The van der Waals surface area contributed by atoms with Gasteiger partial charge in [-0.05, 0) is 38.2 Å². The minimum absolute atomic E-state index is 0.125. The van der Waals surface area contributed by atoms with Gasteiger partial charge in [0.15, 0.2) is 6.29 Å². The van der Waals surface area contributed by atoms with Gasteiger partial charge in [0, 0.05) is 30.1 Å². The van der Waals surface area contributed by atoms with Crippen LogP contribution in [-0.2, 0) is 33.2 Å². The van der Waals surface area contributed by atoms with Crippen molar-refractivity contribution < 1.29 is 38.3 Å². The van der Waals surface area contributed by atoms with Crippen LogP contribution in [0.25, 0.3) is 0 Å². The molecule has 1 saturated heterocycles. The van der Waals surface area contributed by atoms with Crippen molar-refractivity contribution in [2.75, 3.05) is 89.6 Å². The van der Waals surface area contributed by atoms with Crippen LogP contribution in [0.5, 0.6) is 0 Å². The molecule has 1 unspecified atom stereocenters. The maximum absolute atomic E-state index is 9.17. The van der Waals surface area contributed by atoms with E-state index in [4.69, 9.17) is 84.7 Å². The van der Waals surface area contributed by atoms with Crippen LogP contribution in [0.1, 0.15) is 32.1 Å². The standard InChI is InChI=1S/C12H22Cl2O4.C7H14Cl2O3.C5H8O/c13-4-7-15-9-11(10-16-8-5-14)18-12-3-1-2-6-17-12;8-1-3-11-5-7(10)6-12-4-2-9;1-2-4-6-5-3-1/h11-12H,1-10H2;7,10H,1-6H2;2,4H,1,3,5H2. The molecule has 0 aliphatic carbocycles. The van der Waals surface area contributed by atoms with E-state index in [1.165, 1.54) is 12.8 Å². The van der Waals surface area contributed by atoms with Crippen LogP contribution in [0.15, 0.2) is 12.3 Å². The summed E-state index contributed by atoms with van der Waals surface area (Å²) in [5.41, 5.74) is 0. The van der Waals surface area contributed by atoms with E-state index in [9.17, 15) is 0 Å². The van der Waals surface area contributed by atoms with Crippen molar-refractivity contribution in [3.05, 3.63) is 12.3 Å². The van der Waals surface area contributed by atoms with E-state index in [-0.39, 0.29) is 25.6 Å². The van der Waals surface area contributed by atoms with E-state index in [0.29, 0.717) is 63.2 Å². The monoisotopic (exact) mass is 600 g/mol. The summed E-state index contributed by atoms with van der Waals surface area (Å²) in [7, 11) is 0. The van der Waals surface area contributed by atoms with Gasteiger partial charge < -0.3 is 38.3 Å². The lowest BCUT2D eigenvalue weighted by Crippen LogP contribution is -2.34. The van der Waals surface area contributed by atoms with Crippen molar-refractivity contribution in [3.63, 3.8) is 0 Å². The minimum atomic E-state index is -0.587. The predicted molar refractivity (Wildman–Crippen MR) is 145 cm³/mol. The molecule has 0 aromatic heterocycles. The molecule has 2 heterocycles. The maximum atomic E-state index is 9.17. The first-order valence-corrected chi connectivity index (χ1v) is 14.6. The van der Waals surface area contributed by atoms with E-state index in [1.807, 2.05) is 6.08 Å². The van der Waals surface area contributed by atoms with Crippen molar-refractivity contribution in [2.45, 2.75) is 50.6 Å².